The summed E-state index contributed by atoms with van der Waals surface area (Å²) >= 11 is 0. The summed E-state index contributed by atoms with van der Waals surface area (Å²) in [6.45, 7) is 13.8. The van der Waals surface area contributed by atoms with E-state index in [0.717, 1.165) is 18.8 Å². The summed E-state index contributed by atoms with van der Waals surface area (Å²) in [4.78, 5) is 0. The van der Waals surface area contributed by atoms with Crippen molar-refractivity contribution in [2.75, 3.05) is 6.61 Å². The van der Waals surface area contributed by atoms with Gasteiger partial charge in [-0.15, -0.1) is 0 Å². The first-order chi connectivity index (χ1) is 25.3. The van der Waals surface area contributed by atoms with Crippen molar-refractivity contribution in [1.29, 1.82) is 0 Å². The molecule has 0 N–H and O–H groups in total. The van der Waals surface area contributed by atoms with Gasteiger partial charge in [-0.2, -0.15) is 0 Å². The van der Waals surface area contributed by atoms with Crippen LogP contribution in [-0.4, -0.2) is 6.61 Å². The van der Waals surface area contributed by atoms with E-state index in [4.69, 9.17) is 4.74 Å². The summed E-state index contributed by atoms with van der Waals surface area (Å²) in [6, 6.07) is 35.6. The molecule has 0 bridgehead atoms. The van der Waals surface area contributed by atoms with Gasteiger partial charge in [0.2, 0.25) is 0 Å². The van der Waals surface area contributed by atoms with Crippen LogP contribution in [0.3, 0.4) is 0 Å². The maximum absolute atomic E-state index is 6.31. The lowest BCUT2D eigenvalue weighted by atomic mass is 9.94. The summed E-state index contributed by atoms with van der Waals surface area (Å²) in [5.74, 6) is 0.998. The van der Waals surface area contributed by atoms with E-state index < -0.39 is 0 Å². The van der Waals surface area contributed by atoms with E-state index in [1.165, 1.54) is 117 Å². The number of ether oxygens (including phenoxy) is 1. The molecule has 0 unspecified atom stereocenters. The van der Waals surface area contributed by atoms with Crippen molar-refractivity contribution in [3.05, 3.63) is 153 Å². The lowest BCUT2D eigenvalue weighted by Gasteiger charge is -2.12. The van der Waals surface area contributed by atoms with Gasteiger partial charge in [0.1, 0.15) is 5.75 Å². The first-order valence-electron chi connectivity index (χ1n) is 19.5. The van der Waals surface area contributed by atoms with Crippen LogP contribution in [0.4, 0.5) is 0 Å². The quantitative estimate of drug-likeness (QED) is 0.0699. The van der Waals surface area contributed by atoms with Gasteiger partial charge in [-0.05, 0) is 120 Å². The van der Waals surface area contributed by atoms with Gasteiger partial charge >= 0.3 is 0 Å². The van der Waals surface area contributed by atoms with Crippen LogP contribution >= 0.6 is 0 Å². The van der Waals surface area contributed by atoms with Crippen LogP contribution in [0.1, 0.15) is 115 Å². The van der Waals surface area contributed by atoms with E-state index in [1.54, 1.807) is 0 Å². The largest absolute Gasteiger partial charge is 0.493 e. The molecule has 0 fully saturated rings. The molecule has 5 aromatic rings. The number of hydrogen-bond donors (Lipinski definition) is 0. The summed E-state index contributed by atoms with van der Waals surface area (Å²) in [6.07, 6.45) is 23.7. The van der Waals surface area contributed by atoms with Crippen molar-refractivity contribution < 1.29 is 4.74 Å². The molecule has 1 nitrogen and oxygen atoms in total. The van der Waals surface area contributed by atoms with Crippen molar-refractivity contribution in [3.8, 4) is 28.0 Å². The zero-order valence-electron chi connectivity index (χ0n) is 32.5. The minimum Gasteiger partial charge on any atom is -0.493 e. The second-order valence-electron chi connectivity index (χ2n) is 14.4. The average molecular weight is 687 g/mol. The van der Waals surface area contributed by atoms with Crippen LogP contribution in [0.15, 0.2) is 103 Å². The fraction of sp³-hybridized carbons (Fsp3) is 0.294. The molecular weight excluding hydrogens is 629 g/mol. The molecule has 0 aliphatic rings. The van der Waals surface area contributed by atoms with Gasteiger partial charge in [-0.3, -0.25) is 0 Å². The highest BCUT2D eigenvalue weighted by Gasteiger charge is 2.08. The van der Waals surface area contributed by atoms with Crippen molar-refractivity contribution in [2.24, 2.45) is 0 Å². The highest BCUT2D eigenvalue weighted by molar-refractivity contribution is 5.85. The Labute approximate surface area is 314 Å². The molecule has 0 heterocycles. The number of benzene rings is 5. The van der Waals surface area contributed by atoms with Crippen LogP contribution in [0.5, 0.6) is 5.75 Å². The summed E-state index contributed by atoms with van der Waals surface area (Å²) in [7, 11) is 0. The second kappa shape index (κ2) is 19.7. The van der Waals surface area contributed by atoms with Crippen LogP contribution in [0.2, 0.25) is 0 Å². The van der Waals surface area contributed by atoms with E-state index in [-0.39, 0.29) is 0 Å². The van der Waals surface area contributed by atoms with E-state index in [2.05, 4.69) is 175 Å². The van der Waals surface area contributed by atoms with E-state index in [0.29, 0.717) is 0 Å². The highest BCUT2D eigenvalue weighted by Crippen LogP contribution is 2.31. The molecule has 5 rings (SSSR count). The van der Waals surface area contributed by atoms with Crippen molar-refractivity contribution in [2.45, 2.75) is 92.9 Å². The predicted molar refractivity (Wildman–Crippen MR) is 230 cm³/mol. The maximum Gasteiger partial charge on any atom is 0.122 e. The van der Waals surface area contributed by atoms with Gasteiger partial charge < -0.3 is 4.74 Å². The summed E-state index contributed by atoms with van der Waals surface area (Å²) in [5.41, 5.74) is 15.9. The molecule has 268 valence electrons. The van der Waals surface area contributed by atoms with Gasteiger partial charge in [0.25, 0.3) is 0 Å². The molecule has 5 aromatic carbocycles. The van der Waals surface area contributed by atoms with Gasteiger partial charge in [-0.25, -0.2) is 0 Å². The lowest BCUT2D eigenvalue weighted by molar-refractivity contribution is 0.302. The van der Waals surface area contributed by atoms with Crippen LogP contribution in [-0.2, 0) is 0 Å². The molecule has 0 aromatic heterocycles. The molecule has 0 atom stereocenters. The SMILES string of the molecule is C/C=C/c1ccc(/C=C/c2ccc(/C=C/c3cc(OCCCCCCCCCC)c(C)cc3C)cc2-c2ccc(C)cc2)cc1-c1cccc(C)c1. The molecule has 1 heteroatoms. The topological polar surface area (TPSA) is 9.23 Å². The summed E-state index contributed by atoms with van der Waals surface area (Å²) < 4.78 is 6.31. The Kier molecular flexibility index (Phi) is 14.5. The fourth-order valence-corrected chi connectivity index (χ4v) is 6.84. The third-order valence-electron chi connectivity index (χ3n) is 9.92. The maximum atomic E-state index is 6.31. The zero-order valence-corrected chi connectivity index (χ0v) is 32.5. The Balaban J connectivity index is 1.36. The van der Waals surface area contributed by atoms with Crippen molar-refractivity contribution in [1.82, 2.24) is 0 Å². The van der Waals surface area contributed by atoms with Gasteiger partial charge in [-0.1, -0.05) is 178 Å². The summed E-state index contributed by atoms with van der Waals surface area (Å²) in [5, 5.41) is 0. The van der Waals surface area contributed by atoms with Gasteiger partial charge in [0, 0.05) is 0 Å². The second-order valence-corrected chi connectivity index (χ2v) is 14.4. The molecule has 52 heavy (non-hydrogen) atoms. The number of aryl methyl sites for hydroxylation is 4. The van der Waals surface area contributed by atoms with Crippen molar-refractivity contribution >= 4 is 30.4 Å². The van der Waals surface area contributed by atoms with E-state index in [9.17, 15) is 0 Å². The molecule has 0 radical (unpaired) electrons. The Bertz CT molecular complexity index is 1990. The monoisotopic (exact) mass is 686 g/mol. The molecule has 0 aliphatic carbocycles. The highest BCUT2D eigenvalue weighted by atomic mass is 16.5. The van der Waals surface area contributed by atoms with Crippen LogP contribution in [0, 0.1) is 27.7 Å². The molecule has 0 saturated heterocycles. The van der Waals surface area contributed by atoms with Gasteiger partial charge in [0.05, 0.1) is 6.61 Å². The minimum absolute atomic E-state index is 0.782. The molecule has 0 aliphatic heterocycles. The number of hydrogen-bond acceptors (Lipinski definition) is 1. The molecular formula is C51H58O. The van der Waals surface area contributed by atoms with Crippen molar-refractivity contribution in [3.63, 3.8) is 0 Å². The Morgan fingerprint density at radius 1 is 0.481 bits per heavy atom. The molecule has 0 saturated carbocycles. The first-order valence-corrected chi connectivity index (χ1v) is 19.5. The molecule has 0 amide bonds. The van der Waals surface area contributed by atoms with Crippen LogP contribution < -0.4 is 4.74 Å². The smallest absolute Gasteiger partial charge is 0.122 e. The Morgan fingerprint density at radius 3 is 1.75 bits per heavy atom. The van der Waals surface area contributed by atoms with E-state index >= 15 is 0 Å². The third-order valence-corrected chi connectivity index (χ3v) is 9.92. The Morgan fingerprint density at radius 2 is 1.10 bits per heavy atom. The Hall–Kier alpha value is -4.88. The fourth-order valence-electron chi connectivity index (χ4n) is 6.84. The normalized spacial score (nSPS) is 11.7. The lowest BCUT2D eigenvalue weighted by Crippen LogP contribution is -2.00. The third kappa shape index (κ3) is 11.1. The van der Waals surface area contributed by atoms with E-state index in [1.807, 2.05) is 0 Å². The predicted octanol–water partition coefficient (Wildman–Crippen LogP) is 15.1. The van der Waals surface area contributed by atoms with Crippen LogP contribution in [0.25, 0.3) is 52.6 Å². The van der Waals surface area contributed by atoms with Gasteiger partial charge in [0.15, 0.2) is 0 Å². The number of rotatable bonds is 17. The average Bonchev–Trinajstić information content (AvgIpc) is 3.14. The number of allylic oxidation sites excluding steroid dienone is 1. The molecule has 0 spiro atoms. The number of unbranched alkanes of at least 4 members (excludes halogenated alkanes) is 7. The zero-order chi connectivity index (χ0) is 36.7. The minimum atomic E-state index is 0.782. The standard InChI is InChI=1S/C51H58O/c1-7-9-10-11-12-13-14-15-32-52-51-37-47(40(5)34-41(51)6)31-25-43-24-30-46(49(35-43)45-26-20-38(3)21-27-45)29-23-42-22-28-44(17-8-2)50(36-42)48-19-16-18-39(4)33-48/h8,16-31,33-37H,7,9-15,32H2,1-6H3/b17-8+,29-23+,31-25+. The first kappa shape index (κ1) is 38.4.